The summed E-state index contributed by atoms with van der Waals surface area (Å²) in [6, 6.07) is 3.76. The molecular formula is C17H27N3. The van der Waals surface area contributed by atoms with E-state index in [2.05, 4.69) is 41.3 Å². The van der Waals surface area contributed by atoms with Crippen molar-refractivity contribution in [3.8, 4) is 0 Å². The lowest BCUT2D eigenvalue weighted by Gasteiger charge is -2.38. The Morgan fingerprint density at radius 3 is 2.90 bits per heavy atom. The first kappa shape index (κ1) is 13.9. The Balaban J connectivity index is 1.82. The Bertz CT molecular complexity index is 454. The Morgan fingerprint density at radius 2 is 2.15 bits per heavy atom. The molecule has 3 rings (SSSR count). The van der Waals surface area contributed by atoms with Crippen LogP contribution in [0.15, 0.2) is 12.3 Å². The lowest BCUT2D eigenvalue weighted by molar-refractivity contribution is 0.448. The van der Waals surface area contributed by atoms with Crippen LogP contribution in [0.25, 0.3) is 0 Å². The molecule has 0 aromatic carbocycles. The Hall–Kier alpha value is -1.09. The first-order valence-corrected chi connectivity index (χ1v) is 8.23. The van der Waals surface area contributed by atoms with E-state index in [9.17, 15) is 0 Å². The van der Waals surface area contributed by atoms with Crippen molar-refractivity contribution < 1.29 is 0 Å². The summed E-state index contributed by atoms with van der Waals surface area (Å²) in [6.45, 7) is 6.60. The minimum atomic E-state index is 0.713. The van der Waals surface area contributed by atoms with Crippen LogP contribution in [-0.4, -0.2) is 23.6 Å². The third-order valence-corrected chi connectivity index (χ3v) is 4.66. The molecule has 0 spiro atoms. The zero-order valence-corrected chi connectivity index (χ0v) is 12.9. The lowest BCUT2D eigenvalue weighted by Crippen LogP contribution is -2.40. The topological polar surface area (TPSA) is 28.2 Å². The van der Waals surface area contributed by atoms with Crippen LogP contribution >= 0.6 is 0 Å². The molecule has 1 N–H and O–H groups in total. The number of nitrogens with one attached hydrogen (secondary N) is 1. The van der Waals surface area contributed by atoms with Crippen molar-refractivity contribution in [2.75, 3.05) is 11.4 Å². The van der Waals surface area contributed by atoms with E-state index in [4.69, 9.17) is 0 Å². The van der Waals surface area contributed by atoms with Crippen molar-refractivity contribution in [1.29, 1.82) is 0 Å². The molecule has 1 aliphatic carbocycles. The molecule has 1 atom stereocenters. The maximum Gasteiger partial charge on any atom is 0.0448 e. The van der Waals surface area contributed by atoms with Crippen molar-refractivity contribution in [2.45, 2.75) is 71.0 Å². The van der Waals surface area contributed by atoms with Crippen LogP contribution in [0.4, 0.5) is 5.69 Å². The predicted molar refractivity (Wildman–Crippen MR) is 84.1 cm³/mol. The fraction of sp³-hybridized carbons (Fsp3) is 0.706. The van der Waals surface area contributed by atoms with Gasteiger partial charge in [0, 0.05) is 48.3 Å². The SMILES string of the molecule is CCC1CCCCN1c1cc(C)ncc1CNC1CC1. The number of rotatable bonds is 5. The molecule has 1 aromatic heterocycles. The maximum atomic E-state index is 4.52. The van der Waals surface area contributed by atoms with Gasteiger partial charge in [0.2, 0.25) is 0 Å². The van der Waals surface area contributed by atoms with Gasteiger partial charge in [0.25, 0.3) is 0 Å². The van der Waals surface area contributed by atoms with Gasteiger partial charge >= 0.3 is 0 Å². The highest BCUT2D eigenvalue weighted by Crippen LogP contribution is 2.30. The van der Waals surface area contributed by atoms with E-state index in [1.165, 1.54) is 56.3 Å². The van der Waals surface area contributed by atoms with Crippen LogP contribution in [0.3, 0.4) is 0 Å². The average Bonchev–Trinajstić information content (AvgIpc) is 3.30. The molecule has 1 aliphatic heterocycles. The number of hydrogen-bond donors (Lipinski definition) is 1. The van der Waals surface area contributed by atoms with Gasteiger partial charge in [-0.05, 0) is 51.5 Å². The first-order valence-electron chi connectivity index (χ1n) is 8.23. The minimum absolute atomic E-state index is 0.713. The fourth-order valence-electron chi connectivity index (χ4n) is 3.26. The van der Waals surface area contributed by atoms with Crippen LogP contribution in [0.2, 0.25) is 0 Å². The number of pyridine rings is 1. The van der Waals surface area contributed by atoms with Crippen molar-refractivity contribution in [2.24, 2.45) is 0 Å². The number of hydrogen-bond acceptors (Lipinski definition) is 3. The molecule has 2 fully saturated rings. The molecule has 1 saturated carbocycles. The van der Waals surface area contributed by atoms with Gasteiger partial charge in [0.1, 0.15) is 0 Å². The van der Waals surface area contributed by atoms with E-state index in [1.807, 2.05) is 0 Å². The number of nitrogens with zero attached hydrogens (tertiary/aromatic N) is 2. The van der Waals surface area contributed by atoms with Gasteiger partial charge in [-0.15, -0.1) is 0 Å². The van der Waals surface area contributed by atoms with Gasteiger partial charge in [0.05, 0.1) is 0 Å². The van der Waals surface area contributed by atoms with E-state index in [0.29, 0.717) is 6.04 Å². The summed E-state index contributed by atoms with van der Waals surface area (Å²) in [6.07, 6.45) is 10.1. The number of piperidine rings is 1. The van der Waals surface area contributed by atoms with Crippen LogP contribution in [0.1, 0.15) is 56.7 Å². The molecule has 1 saturated heterocycles. The van der Waals surface area contributed by atoms with E-state index in [-0.39, 0.29) is 0 Å². The summed E-state index contributed by atoms with van der Waals surface area (Å²) in [7, 11) is 0. The maximum absolute atomic E-state index is 4.52. The van der Waals surface area contributed by atoms with Crippen molar-refractivity contribution in [3.05, 3.63) is 23.5 Å². The number of aryl methyl sites for hydroxylation is 1. The summed E-state index contributed by atoms with van der Waals surface area (Å²) in [4.78, 5) is 7.16. The summed E-state index contributed by atoms with van der Waals surface area (Å²) in [5.41, 5.74) is 3.94. The minimum Gasteiger partial charge on any atom is -0.368 e. The number of anilines is 1. The summed E-state index contributed by atoms with van der Waals surface area (Å²) < 4.78 is 0. The molecular weight excluding hydrogens is 246 g/mol. The van der Waals surface area contributed by atoms with Gasteiger partial charge in [0.15, 0.2) is 0 Å². The van der Waals surface area contributed by atoms with E-state index >= 15 is 0 Å². The van der Waals surface area contributed by atoms with Crippen LogP contribution in [-0.2, 0) is 6.54 Å². The van der Waals surface area contributed by atoms with Gasteiger partial charge in [-0.1, -0.05) is 6.92 Å². The molecule has 1 aromatic rings. The van der Waals surface area contributed by atoms with Gasteiger partial charge in [-0.3, -0.25) is 4.98 Å². The third kappa shape index (κ3) is 3.14. The Morgan fingerprint density at radius 1 is 1.30 bits per heavy atom. The molecule has 20 heavy (non-hydrogen) atoms. The summed E-state index contributed by atoms with van der Waals surface area (Å²) >= 11 is 0. The smallest absolute Gasteiger partial charge is 0.0448 e. The Kier molecular flexibility index (Phi) is 4.25. The Labute approximate surface area is 122 Å². The van der Waals surface area contributed by atoms with Crippen molar-refractivity contribution >= 4 is 5.69 Å². The third-order valence-electron chi connectivity index (χ3n) is 4.66. The standard InChI is InChI=1S/C17H27N3/c1-3-16-6-4-5-9-20(16)17-10-13(2)18-11-14(17)12-19-15-7-8-15/h10-11,15-16,19H,3-9,12H2,1-2H3. The second-order valence-electron chi connectivity index (χ2n) is 6.36. The monoisotopic (exact) mass is 273 g/mol. The highest BCUT2D eigenvalue weighted by atomic mass is 15.2. The highest BCUT2D eigenvalue weighted by molar-refractivity contribution is 5.55. The van der Waals surface area contributed by atoms with E-state index in [0.717, 1.165) is 18.3 Å². The van der Waals surface area contributed by atoms with Crippen LogP contribution in [0.5, 0.6) is 0 Å². The average molecular weight is 273 g/mol. The molecule has 110 valence electrons. The molecule has 3 heteroatoms. The van der Waals surface area contributed by atoms with Crippen LogP contribution in [0, 0.1) is 6.92 Å². The van der Waals surface area contributed by atoms with Crippen molar-refractivity contribution in [3.63, 3.8) is 0 Å². The zero-order valence-electron chi connectivity index (χ0n) is 12.9. The second kappa shape index (κ2) is 6.13. The lowest BCUT2D eigenvalue weighted by atomic mass is 9.98. The first-order chi connectivity index (χ1) is 9.78. The molecule has 2 heterocycles. The highest BCUT2D eigenvalue weighted by Gasteiger charge is 2.25. The largest absolute Gasteiger partial charge is 0.368 e. The van der Waals surface area contributed by atoms with Gasteiger partial charge < -0.3 is 10.2 Å². The van der Waals surface area contributed by atoms with E-state index in [1.54, 1.807) is 0 Å². The molecule has 0 bridgehead atoms. The van der Waals surface area contributed by atoms with Gasteiger partial charge in [-0.25, -0.2) is 0 Å². The fourth-order valence-corrected chi connectivity index (χ4v) is 3.26. The predicted octanol–water partition coefficient (Wildman–Crippen LogP) is 3.41. The molecule has 2 aliphatic rings. The molecule has 0 radical (unpaired) electrons. The van der Waals surface area contributed by atoms with Gasteiger partial charge in [-0.2, -0.15) is 0 Å². The molecule has 0 amide bonds. The van der Waals surface area contributed by atoms with Crippen LogP contribution < -0.4 is 10.2 Å². The molecule has 1 unspecified atom stereocenters. The van der Waals surface area contributed by atoms with E-state index < -0.39 is 0 Å². The summed E-state index contributed by atoms with van der Waals surface area (Å²) in [5.74, 6) is 0. The number of aromatic nitrogens is 1. The normalized spacial score (nSPS) is 23.1. The zero-order chi connectivity index (χ0) is 13.9. The second-order valence-corrected chi connectivity index (χ2v) is 6.36. The quantitative estimate of drug-likeness (QED) is 0.891. The molecule has 3 nitrogen and oxygen atoms in total. The summed E-state index contributed by atoms with van der Waals surface area (Å²) in [5, 5.41) is 3.64. The van der Waals surface area contributed by atoms with Crippen molar-refractivity contribution in [1.82, 2.24) is 10.3 Å².